The summed E-state index contributed by atoms with van der Waals surface area (Å²) in [5.41, 5.74) is 0.371. The van der Waals surface area contributed by atoms with Crippen LogP contribution in [0.2, 0.25) is 0 Å². The van der Waals surface area contributed by atoms with Gasteiger partial charge in [0, 0.05) is 12.8 Å². The van der Waals surface area contributed by atoms with E-state index in [1.165, 1.54) is 30.2 Å². The number of hydrogen-bond donors (Lipinski definition) is 0. The SMILES string of the molecule is CO[C@H]1C(=O)N(c2cccc(F)c2)[C@@H]1C=O. The van der Waals surface area contributed by atoms with Gasteiger partial charge in [-0.3, -0.25) is 9.69 Å². The van der Waals surface area contributed by atoms with Crippen LogP contribution in [0.3, 0.4) is 0 Å². The molecule has 5 heteroatoms. The number of aldehydes is 1. The van der Waals surface area contributed by atoms with Crippen molar-refractivity contribution >= 4 is 17.9 Å². The second-order valence-corrected chi connectivity index (χ2v) is 3.47. The highest BCUT2D eigenvalue weighted by Gasteiger charge is 2.48. The lowest BCUT2D eigenvalue weighted by Gasteiger charge is -2.42. The largest absolute Gasteiger partial charge is 0.369 e. The lowest BCUT2D eigenvalue weighted by Crippen LogP contribution is -2.66. The molecule has 0 saturated carbocycles. The van der Waals surface area contributed by atoms with Crippen molar-refractivity contribution in [2.24, 2.45) is 0 Å². The van der Waals surface area contributed by atoms with Gasteiger partial charge in [-0.05, 0) is 18.2 Å². The summed E-state index contributed by atoms with van der Waals surface area (Å²) in [6.07, 6.45) is -0.124. The molecule has 1 aliphatic heterocycles. The first-order chi connectivity index (χ1) is 7.69. The molecule has 84 valence electrons. The normalized spacial score (nSPS) is 24.1. The second-order valence-electron chi connectivity index (χ2n) is 3.47. The van der Waals surface area contributed by atoms with Gasteiger partial charge in [0.05, 0.1) is 0 Å². The Kier molecular flexibility index (Phi) is 2.70. The molecule has 0 spiro atoms. The Balaban J connectivity index is 2.29. The first kappa shape index (κ1) is 10.8. The number of methoxy groups -OCH3 is 1. The monoisotopic (exact) mass is 223 g/mol. The van der Waals surface area contributed by atoms with E-state index in [4.69, 9.17) is 4.74 Å². The van der Waals surface area contributed by atoms with Crippen LogP contribution in [-0.4, -0.2) is 31.4 Å². The maximum Gasteiger partial charge on any atom is 0.259 e. The van der Waals surface area contributed by atoms with Crippen molar-refractivity contribution in [3.8, 4) is 0 Å². The Morgan fingerprint density at radius 3 is 2.81 bits per heavy atom. The van der Waals surface area contributed by atoms with Gasteiger partial charge in [-0.15, -0.1) is 0 Å². The number of benzene rings is 1. The number of halogens is 1. The lowest BCUT2D eigenvalue weighted by atomic mass is 9.98. The van der Waals surface area contributed by atoms with Crippen LogP contribution < -0.4 is 4.90 Å². The van der Waals surface area contributed by atoms with E-state index >= 15 is 0 Å². The number of carbonyl (C=O) groups excluding carboxylic acids is 2. The van der Waals surface area contributed by atoms with E-state index in [0.717, 1.165) is 0 Å². The molecule has 1 aromatic rings. The summed E-state index contributed by atoms with van der Waals surface area (Å²) >= 11 is 0. The molecule has 2 atom stereocenters. The van der Waals surface area contributed by atoms with Gasteiger partial charge < -0.3 is 9.53 Å². The molecule has 1 fully saturated rings. The molecule has 2 rings (SSSR count). The topological polar surface area (TPSA) is 46.6 Å². The number of β-lactam (4-membered cyclic amide) rings is 1. The number of amides is 1. The van der Waals surface area contributed by atoms with E-state index < -0.39 is 18.0 Å². The molecule has 0 aromatic heterocycles. The molecule has 0 aliphatic carbocycles. The predicted molar refractivity (Wildman–Crippen MR) is 54.5 cm³/mol. The highest BCUT2D eigenvalue weighted by Crippen LogP contribution is 2.28. The van der Waals surface area contributed by atoms with Crippen molar-refractivity contribution in [1.29, 1.82) is 0 Å². The quantitative estimate of drug-likeness (QED) is 0.561. The first-order valence-electron chi connectivity index (χ1n) is 4.75. The molecule has 0 N–H and O–H groups in total. The molecule has 1 heterocycles. The third kappa shape index (κ3) is 1.49. The zero-order chi connectivity index (χ0) is 11.7. The molecule has 0 radical (unpaired) electrons. The van der Waals surface area contributed by atoms with E-state index in [2.05, 4.69) is 0 Å². The van der Waals surface area contributed by atoms with Gasteiger partial charge in [-0.2, -0.15) is 0 Å². The van der Waals surface area contributed by atoms with Crippen LogP contribution in [-0.2, 0) is 14.3 Å². The van der Waals surface area contributed by atoms with Gasteiger partial charge >= 0.3 is 0 Å². The summed E-state index contributed by atoms with van der Waals surface area (Å²) in [4.78, 5) is 23.6. The minimum Gasteiger partial charge on any atom is -0.369 e. The fourth-order valence-electron chi connectivity index (χ4n) is 1.78. The van der Waals surface area contributed by atoms with Crippen molar-refractivity contribution in [2.75, 3.05) is 12.0 Å². The summed E-state index contributed by atoms with van der Waals surface area (Å²) in [5, 5.41) is 0. The van der Waals surface area contributed by atoms with E-state index in [9.17, 15) is 14.0 Å². The smallest absolute Gasteiger partial charge is 0.259 e. The summed E-state index contributed by atoms with van der Waals surface area (Å²) in [6, 6.07) is 4.88. The van der Waals surface area contributed by atoms with Crippen LogP contribution in [0.15, 0.2) is 24.3 Å². The van der Waals surface area contributed by atoms with E-state index in [1.807, 2.05) is 0 Å². The predicted octanol–water partition coefficient (Wildman–Crippen LogP) is 0.755. The number of ether oxygens (including phenoxy) is 1. The van der Waals surface area contributed by atoms with Crippen LogP contribution in [0.4, 0.5) is 10.1 Å². The van der Waals surface area contributed by atoms with Crippen LogP contribution in [0, 0.1) is 5.82 Å². The molecule has 0 bridgehead atoms. The zero-order valence-corrected chi connectivity index (χ0v) is 8.59. The molecule has 16 heavy (non-hydrogen) atoms. The van der Waals surface area contributed by atoms with E-state index in [1.54, 1.807) is 6.07 Å². The average Bonchev–Trinajstić information content (AvgIpc) is 2.26. The number of carbonyl (C=O) groups is 2. The Labute approximate surface area is 91.6 Å². The fourth-order valence-corrected chi connectivity index (χ4v) is 1.78. The molecular weight excluding hydrogens is 213 g/mol. The zero-order valence-electron chi connectivity index (χ0n) is 8.59. The van der Waals surface area contributed by atoms with Crippen LogP contribution >= 0.6 is 0 Å². The van der Waals surface area contributed by atoms with Gasteiger partial charge in [0.2, 0.25) is 0 Å². The van der Waals surface area contributed by atoms with Gasteiger partial charge in [0.1, 0.15) is 18.1 Å². The van der Waals surface area contributed by atoms with Crippen LogP contribution in [0.5, 0.6) is 0 Å². The van der Waals surface area contributed by atoms with E-state index in [-0.39, 0.29) is 5.91 Å². The van der Waals surface area contributed by atoms with Crippen molar-refractivity contribution < 1.29 is 18.7 Å². The molecule has 1 saturated heterocycles. The van der Waals surface area contributed by atoms with Crippen LogP contribution in [0.1, 0.15) is 0 Å². The fraction of sp³-hybridized carbons (Fsp3) is 0.273. The molecule has 1 aromatic carbocycles. The lowest BCUT2D eigenvalue weighted by molar-refractivity contribution is -0.142. The molecule has 4 nitrogen and oxygen atoms in total. The third-order valence-electron chi connectivity index (χ3n) is 2.57. The maximum absolute atomic E-state index is 13.0. The summed E-state index contributed by atoms with van der Waals surface area (Å²) in [6.45, 7) is 0. The Hall–Kier alpha value is -1.75. The third-order valence-corrected chi connectivity index (χ3v) is 2.57. The van der Waals surface area contributed by atoms with Crippen molar-refractivity contribution in [1.82, 2.24) is 0 Å². The molecular formula is C11H10FNO3. The summed E-state index contributed by atoms with van der Waals surface area (Å²) in [7, 11) is 1.36. The first-order valence-corrected chi connectivity index (χ1v) is 4.75. The number of nitrogens with zero attached hydrogens (tertiary/aromatic N) is 1. The summed E-state index contributed by atoms with van der Waals surface area (Å²) < 4.78 is 17.8. The summed E-state index contributed by atoms with van der Waals surface area (Å²) in [5.74, 6) is -0.777. The van der Waals surface area contributed by atoms with Gasteiger partial charge in [-0.25, -0.2) is 4.39 Å². The van der Waals surface area contributed by atoms with Gasteiger partial charge in [0.15, 0.2) is 6.10 Å². The second kappa shape index (κ2) is 4.02. The van der Waals surface area contributed by atoms with Crippen molar-refractivity contribution in [2.45, 2.75) is 12.1 Å². The van der Waals surface area contributed by atoms with E-state index in [0.29, 0.717) is 12.0 Å². The molecule has 0 unspecified atom stereocenters. The minimum absolute atomic E-state index is 0.329. The Bertz CT molecular complexity index is 435. The van der Waals surface area contributed by atoms with Crippen molar-refractivity contribution in [3.05, 3.63) is 30.1 Å². The standard InChI is InChI=1S/C11H10FNO3/c1-16-10-9(6-14)13(11(10)15)8-4-2-3-7(12)5-8/h2-6,9-10H,1H3/t9-,10-/m1/s1. The highest BCUT2D eigenvalue weighted by molar-refractivity contribution is 6.09. The van der Waals surface area contributed by atoms with Gasteiger partial charge in [-0.1, -0.05) is 6.07 Å². The Morgan fingerprint density at radius 2 is 2.25 bits per heavy atom. The van der Waals surface area contributed by atoms with Gasteiger partial charge in [0.25, 0.3) is 5.91 Å². The van der Waals surface area contributed by atoms with Crippen molar-refractivity contribution in [3.63, 3.8) is 0 Å². The highest BCUT2D eigenvalue weighted by atomic mass is 19.1. The Morgan fingerprint density at radius 1 is 1.50 bits per heavy atom. The number of hydrogen-bond acceptors (Lipinski definition) is 3. The maximum atomic E-state index is 13.0. The molecule has 1 amide bonds. The number of rotatable bonds is 3. The average molecular weight is 223 g/mol. The van der Waals surface area contributed by atoms with Crippen LogP contribution in [0.25, 0.3) is 0 Å². The number of anilines is 1. The minimum atomic E-state index is -0.749. The molecule has 1 aliphatic rings.